The highest BCUT2D eigenvalue weighted by Crippen LogP contribution is 2.15. The second-order valence-corrected chi connectivity index (χ2v) is 6.50. The number of aliphatic carboxylic acids is 2. The summed E-state index contributed by atoms with van der Waals surface area (Å²) in [4.78, 5) is 28.8. The molecule has 1 aliphatic heterocycles. The van der Waals surface area contributed by atoms with Crippen LogP contribution in [-0.2, 0) is 24.4 Å². The van der Waals surface area contributed by atoms with Gasteiger partial charge in [0, 0.05) is 13.0 Å². The number of carbonyl (C=O) groups excluding carboxylic acids is 1. The van der Waals surface area contributed by atoms with Gasteiger partial charge in [-0.15, -0.1) is 0 Å². The molecule has 0 aromatic carbocycles. The molecule has 154 valence electrons. The van der Waals surface area contributed by atoms with Gasteiger partial charge in [0.25, 0.3) is 0 Å². The number of halogens is 6. The van der Waals surface area contributed by atoms with Gasteiger partial charge in [0.05, 0.1) is 5.75 Å². The van der Waals surface area contributed by atoms with E-state index in [0.717, 1.165) is 17.1 Å². The predicted octanol–water partition coefficient (Wildman–Crippen LogP) is 1.62. The van der Waals surface area contributed by atoms with Crippen LogP contribution in [-0.4, -0.2) is 65.4 Å². The third-order valence-corrected chi connectivity index (χ3v) is 4.17. The molecule has 1 fully saturated rings. The van der Waals surface area contributed by atoms with Crippen molar-refractivity contribution in [1.29, 1.82) is 0 Å². The van der Waals surface area contributed by atoms with E-state index in [0.29, 0.717) is 6.54 Å². The first kappa shape index (κ1) is 26.2. The van der Waals surface area contributed by atoms with E-state index >= 15 is 0 Å². The summed E-state index contributed by atoms with van der Waals surface area (Å²) < 4.78 is 86.8. The molecule has 0 aliphatic carbocycles. The Morgan fingerprint density at radius 2 is 1.38 bits per heavy atom. The monoisotopic (exact) mass is 419 g/mol. The van der Waals surface area contributed by atoms with Crippen molar-refractivity contribution in [3.05, 3.63) is 0 Å². The molecule has 0 saturated carbocycles. The normalized spacial score (nSPS) is 16.1. The van der Waals surface area contributed by atoms with E-state index in [1.54, 1.807) is 0 Å². The van der Waals surface area contributed by atoms with Crippen molar-refractivity contribution in [1.82, 2.24) is 4.31 Å². The van der Waals surface area contributed by atoms with Gasteiger partial charge in [-0.3, -0.25) is 4.79 Å². The minimum absolute atomic E-state index is 0.00442. The minimum atomic E-state index is -5.08. The molecule has 8 nitrogen and oxygen atoms in total. The summed E-state index contributed by atoms with van der Waals surface area (Å²) in [6.07, 6.45) is -8.35. The molecule has 0 radical (unpaired) electrons. The van der Waals surface area contributed by atoms with Crippen LogP contribution >= 0.6 is 0 Å². The first-order chi connectivity index (χ1) is 11.5. The highest BCUT2D eigenvalue weighted by Gasteiger charge is 2.39. The fourth-order valence-electron chi connectivity index (χ4n) is 1.17. The number of carboxylic acid groups (broad SMARTS) is 2. The standard InChI is InChI=1S/C7H13NO3S.2C2HF3O2/c1-2-3-5-8-7(9)4-6-12(8,10)11;2*3-2(4,5)1(6)7/h2-6H2,1H3;2*(H,6,7). The summed E-state index contributed by atoms with van der Waals surface area (Å²) in [6.45, 7) is 2.32. The van der Waals surface area contributed by atoms with E-state index in [2.05, 4.69) is 0 Å². The third-order valence-electron chi connectivity index (χ3n) is 2.39. The lowest BCUT2D eigenvalue weighted by Gasteiger charge is -2.13. The number of rotatable bonds is 3. The fourth-order valence-corrected chi connectivity index (χ4v) is 2.63. The number of carboxylic acids is 2. The largest absolute Gasteiger partial charge is 0.490 e. The van der Waals surface area contributed by atoms with Crippen LogP contribution in [0.1, 0.15) is 26.2 Å². The summed E-state index contributed by atoms with van der Waals surface area (Å²) in [5.74, 6) is -5.77. The Bertz CT molecular complexity index is 575. The molecule has 0 aromatic rings. The lowest BCUT2D eigenvalue weighted by molar-refractivity contribution is -0.193. The molecule has 0 spiro atoms. The summed E-state index contributed by atoms with van der Waals surface area (Å²) in [7, 11) is -3.22. The zero-order chi connectivity index (χ0) is 21.3. The Balaban J connectivity index is 0. The van der Waals surface area contributed by atoms with Crippen molar-refractivity contribution >= 4 is 27.9 Å². The summed E-state index contributed by atoms with van der Waals surface area (Å²) >= 11 is 0. The molecule has 0 unspecified atom stereocenters. The molecule has 2 N–H and O–H groups in total. The topological polar surface area (TPSA) is 129 Å². The van der Waals surface area contributed by atoms with Crippen molar-refractivity contribution in [2.75, 3.05) is 12.3 Å². The molecule has 1 saturated heterocycles. The van der Waals surface area contributed by atoms with Gasteiger partial charge in [0.15, 0.2) is 0 Å². The van der Waals surface area contributed by atoms with Crippen LogP contribution in [0.3, 0.4) is 0 Å². The van der Waals surface area contributed by atoms with Crippen molar-refractivity contribution in [2.24, 2.45) is 0 Å². The maximum atomic E-state index is 11.2. The number of unbranched alkanes of at least 4 members (excludes halogenated alkanes) is 1. The predicted molar refractivity (Wildman–Crippen MR) is 72.4 cm³/mol. The highest BCUT2D eigenvalue weighted by molar-refractivity contribution is 7.90. The summed E-state index contributed by atoms with van der Waals surface area (Å²) in [6, 6.07) is 0. The van der Waals surface area contributed by atoms with Gasteiger partial charge in [-0.25, -0.2) is 22.3 Å². The number of carbonyl (C=O) groups is 3. The van der Waals surface area contributed by atoms with Crippen LogP contribution in [0, 0.1) is 0 Å². The summed E-state index contributed by atoms with van der Waals surface area (Å²) in [5.41, 5.74) is 0. The Kier molecular flexibility index (Phi) is 10.2. The van der Waals surface area contributed by atoms with Gasteiger partial charge in [-0.05, 0) is 6.42 Å². The van der Waals surface area contributed by atoms with Crippen LogP contribution in [0.25, 0.3) is 0 Å². The number of alkyl halides is 6. The SMILES string of the molecule is CCCCN1C(=O)CCS1(=O)=O.O=C(O)C(F)(F)F.O=C(O)C(F)(F)F. The van der Waals surface area contributed by atoms with Crippen molar-refractivity contribution in [3.8, 4) is 0 Å². The highest BCUT2D eigenvalue weighted by atomic mass is 32.2. The van der Waals surface area contributed by atoms with Gasteiger partial charge < -0.3 is 10.2 Å². The molecule has 0 bridgehead atoms. The quantitative estimate of drug-likeness (QED) is 0.665. The van der Waals surface area contributed by atoms with Crippen LogP contribution in [0.4, 0.5) is 26.3 Å². The first-order valence-corrected chi connectivity index (χ1v) is 8.21. The Morgan fingerprint density at radius 1 is 1.04 bits per heavy atom. The van der Waals surface area contributed by atoms with Gasteiger partial charge >= 0.3 is 24.3 Å². The lowest BCUT2D eigenvalue weighted by atomic mass is 10.3. The van der Waals surface area contributed by atoms with Gasteiger partial charge in [0.1, 0.15) is 0 Å². The Labute approximate surface area is 143 Å². The molecule has 1 heterocycles. The lowest BCUT2D eigenvalue weighted by Crippen LogP contribution is -2.30. The molecule has 1 rings (SSSR count). The molecule has 0 atom stereocenters. The van der Waals surface area contributed by atoms with Crippen molar-refractivity contribution in [2.45, 2.75) is 38.5 Å². The van der Waals surface area contributed by atoms with Crippen LogP contribution in [0.5, 0.6) is 0 Å². The van der Waals surface area contributed by atoms with Crippen LogP contribution in [0.15, 0.2) is 0 Å². The molecule has 15 heteroatoms. The third kappa shape index (κ3) is 10.7. The van der Waals surface area contributed by atoms with E-state index in [-0.39, 0.29) is 18.1 Å². The first-order valence-electron chi connectivity index (χ1n) is 6.60. The van der Waals surface area contributed by atoms with Crippen molar-refractivity contribution in [3.63, 3.8) is 0 Å². The van der Waals surface area contributed by atoms with Gasteiger partial charge in [-0.2, -0.15) is 26.3 Å². The van der Waals surface area contributed by atoms with E-state index in [9.17, 15) is 39.6 Å². The Morgan fingerprint density at radius 3 is 1.58 bits per heavy atom. The average Bonchev–Trinajstić information content (AvgIpc) is 2.69. The van der Waals surface area contributed by atoms with Crippen LogP contribution in [0.2, 0.25) is 0 Å². The maximum Gasteiger partial charge on any atom is 0.490 e. The molecule has 0 aromatic heterocycles. The van der Waals surface area contributed by atoms with E-state index in [1.165, 1.54) is 0 Å². The fraction of sp³-hybridized carbons (Fsp3) is 0.727. The zero-order valence-corrected chi connectivity index (χ0v) is 13.9. The second-order valence-electron chi connectivity index (χ2n) is 4.49. The Hall–Kier alpha value is -2.06. The maximum absolute atomic E-state index is 11.2. The van der Waals surface area contributed by atoms with Gasteiger partial charge in [-0.1, -0.05) is 13.3 Å². The zero-order valence-electron chi connectivity index (χ0n) is 13.1. The average molecular weight is 419 g/mol. The number of hydrogen-bond acceptors (Lipinski definition) is 5. The van der Waals surface area contributed by atoms with E-state index in [4.69, 9.17) is 19.8 Å². The molecule has 26 heavy (non-hydrogen) atoms. The minimum Gasteiger partial charge on any atom is -0.475 e. The number of nitrogens with zero attached hydrogens (tertiary/aromatic N) is 1. The van der Waals surface area contributed by atoms with E-state index in [1.807, 2.05) is 6.92 Å². The molecular weight excluding hydrogens is 404 g/mol. The smallest absolute Gasteiger partial charge is 0.475 e. The van der Waals surface area contributed by atoms with Crippen LogP contribution < -0.4 is 0 Å². The summed E-state index contributed by atoms with van der Waals surface area (Å²) in [5, 5.41) is 14.2. The number of sulfonamides is 1. The molecular formula is C11H15F6NO7S. The van der Waals surface area contributed by atoms with Crippen molar-refractivity contribution < 1.29 is 59.4 Å². The molecule has 1 amide bonds. The second kappa shape index (κ2) is 10.2. The molecule has 1 aliphatic rings. The van der Waals surface area contributed by atoms with Gasteiger partial charge in [0.2, 0.25) is 15.9 Å². The number of amides is 1. The van der Waals surface area contributed by atoms with E-state index < -0.39 is 34.3 Å². The number of hydrogen-bond donors (Lipinski definition) is 2.